The third-order valence-electron chi connectivity index (χ3n) is 3.30. The SMILES string of the molecule is O=C1C2=Cc3ccccc3C2=CC(S(=O)(=O)F)=C1S(=O)(=O)F. The van der Waals surface area contributed by atoms with Crippen molar-refractivity contribution in [2.45, 2.75) is 0 Å². The van der Waals surface area contributed by atoms with Gasteiger partial charge in [0.25, 0.3) is 0 Å². The highest BCUT2D eigenvalue weighted by atomic mass is 32.3. The van der Waals surface area contributed by atoms with E-state index in [0.717, 1.165) is 0 Å². The number of allylic oxidation sites excluding steroid dienone is 4. The third-order valence-corrected chi connectivity index (χ3v) is 5.17. The summed E-state index contributed by atoms with van der Waals surface area (Å²) in [4.78, 5) is 8.98. The molecule has 9 heteroatoms. The molecular weight excluding hydrogens is 338 g/mol. The summed E-state index contributed by atoms with van der Waals surface area (Å²) < 4.78 is 71.0. The molecule has 2 aliphatic rings. The van der Waals surface area contributed by atoms with Gasteiger partial charge in [-0.25, -0.2) is 0 Å². The van der Waals surface area contributed by atoms with Crippen LogP contribution in [-0.4, -0.2) is 22.6 Å². The first-order valence-electron chi connectivity index (χ1n) is 5.82. The zero-order valence-electron chi connectivity index (χ0n) is 10.6. The molecule has 1 aromatic rings. The third kappa shape index (κ3) is 2.13. The van der Waals surface area contributed by atoms with Crippen molar-refractivity contribution in [3.8, 4) is 0 Å². The molecule has 0 N–H and O–H groups in total. The molecule has 0 saturated carbocycles. The van der Waals surface area contributed by atoms with Gasteiger partial charge in [-0.3, -0.25) is 4.79 Å². The zero-order chi connectivity index (χ0) is 16.3. The lowest BCUT2D eigenvalue weighted by Crippen LogP contribution is -2.20. The van der Waals surface area contributed by atoms with Gasteiger partial charge in [0.1, 0.15) is 4.91 Å². The van der Waals surface area contributed by atoms with Crippen molar-refractivity contribution in [3.05, 3.63) is 56.9 Å². The Morgan fingerprint density at radius 3 is 2.05 bits per heavy atom. The second-order valence-corrected chi connectivity index (χ2v) is 7.20. The number of carbonyl (C=O) groups excluding carboxylic acids is 1. The average Bonchev–Trinajstić information content (AvgIpc) is 2.75. The number of rotatable bonds is 2. The molecule has 0 bridgehead atoms. The predicted molar refractivity (Wildman–Crippen MR) is 74.5 cm³/mol. The Morgan fingerprint density at radius 1 is 0.818 bits per heavy atom. The van der Waals surface area contributed by atoms with Crippen LogP contribution in [0.3, 0.4) is 0 Å². The van der Waals surface area contributed by atoms with E-state index in [1.165, 1.54) is 6.08 Å². The minimum atomic E-state index is -5.71. The van der Waals surface area contributed by atoms with Gasteiger partial charge in [0.2, 0.25) is 5.78 Å². The van der Waals surface area contributed by atoms with Crippen LogP contribution in [0.4, 0.5) is 7.77 Å². The molecule has 22 heavy (non-hydrogen) atoms. The number of hydrogen-bond donors (Lipinski definition) is 0. The van der Waals surface area contributed by atoms with Crippen molar-refractivity contribution in [1.82, 2.24) is 0 Å². The molecular formula is C13H6F2O5S2. The molecule has 3 rings (SSSR count). The number of Topliss-reactive ketones (excluding diaryl/α,β-unsaturated/α-hetero) is 1. The topological polar surface area (TPSA) is 85.3 Å². The standard InChI is InChI=1S/C13H6F2O5S2/c14-21(17,18)11-6-9-8-4-2-1-3-7(8)5-10(9)12(16)13(11)22(15,19)20/h1-6H. The maximum atomic E-state index is 13.3. The van der Waals surface area contributed by atoms with Crippen molar-refractivity contribution < 1.29 is 29.4 Å². The van der Waals surface area contributed by atoms with Crippen LogP contribution in [0.5, 0.6) is 0 Å². The summed E-state index contributed by atoms with van der Waals surface area (Å²) in [6, 6.07) is 6.40. The maximum absolute atomic E-state index is 13.3. The van der Waals surface area contributed by atoms with Gasteiger partial charge in [0.15, 0.2) is 4.91 Å². The van der Waals surface area contributed by atoms with E-state index < -0.39 is 36.0 Å². The van der Waals surface area contributed by atoms with Crippen molar-refractivity contribution in [2.75, 3.05) is 0 Å². The number of hydrogen-bond acceptors (Lipinski definition) is 5. The van der Waals surface area contributed by atoms with Gasteiger partial charge < -0.3 is 0 Å². The summed E-state index contributed by atoms with van der Waals surface area (Å²) in [6.07, 6.45) is 1.97. The first-order valence-corrected chi connectivity index (χ1v) is 8.59. The molecule has 5 nitrogen and oxygen atoms in total. The highest BCUT2D eigenvalue weighted by Crippen LogP contribution is 2.43. The van der Waals surface area contributed by atoms with Gasteiger partial charge in [-0.1, -0.05) is 24.3 Å². The molecule has 0 spiro atoms. The maximum Gasteiger partial charge on any atom is 0.337 e. The number of ketones is 1. The number of fused-ring (bicyclic) bond motifs is 3. The number of carbonyl (C=O) groups is 1. The zero-order valence-corrected chi connectivity index (χ0v) is 12.2. The van der Waals surface area contributed by atoms with Crippen LogP contribution in [-0.2, 0) is 25.2 Å². The lowest BCUT2D eigenvalue weighted by atomic mass is 9.96. The lowest BCUT2D eigenvalue weighted by Gasteiger charge is -2.15. The van der Waals surface area contributed by atoms with Crippen LogP contribution in [0, 0.1) is 0 Å². The summed E-state index contributed by atoms with van der Waals surface area (Å²) in [5.74, 6) is -1.38. The first kappa shape index (κ1) is 14.8. The van der Waals surface area contributed by atoms with Crippen LogP contribution in [0.1, 0.15) is 11.1 Å². The van der Waals surface area contributed by atoms with E-state index in [-0.39, 0.29) is 11.1 Å². The Kier molecular flexibility index (Phi) is 2.98. The minimum Gasteiger partial charge on any atom is -0.288 e. The van der Waals surface area contributed by atoms with Gasteiger partial charge in [0.05, 0.1) is 0 Å². The largest absolute Gasteiger partial charge is 0.337 e. The number of benzene rings is 1. The molecule has 0 amide bonds. The molecule has 0 aromatic heterocycles. The van der Waals surface area contributed by atoms with E-state index in [1.807, 2.05) is 0 Å². The monoisotopic (exact) mass is 344 g/mol. The highest BCUT2D eigenvalue weighted by Gasteiger charge is 2.41. The fourth-order valence-corrected chi connectivity index (χ4v) is 4.23. The summed E-state index contributed by atoms with van der Waals surface area (Å²) in [5.41, 5.74) is 0.807. The molecule has 0 radical (unpaired) electrons. The molecule has 0 heterocycles. The predicted octanol–water partition coefficient (Wildman–Crippen LogP) is 1.86. The van der Waals surface area contributed by atoms with Gasteiger partial charge >= 0.3 is 20.4 Å². The van der Waals surface area contributed by atoms with Crippen LogP contribution < -0.4 is 0 Å². The molecule has 0 saturated heterocycles. The van der Waals surface area contributed by atoms with Crippen molar-refractivity contribution >= 4 is 37.9 Å². The molecule has 0 unspecified atom stereocenters. The quantitative estimate of drug-likeness (QED) is 0.765. The van der Waals surface area contributed by atoms with Crippen molar-refractivity contribution in [1.29, 1.82) is 0 Å². The van der Waals surface area contributed by atoms with Gasteiger partial charge in [-0.05, 0) is 28.9 Å². The summed E-state index contributed by atoms with van der Waals surface area (Å²) in [7, 11) is -11.3. The van der Waals surface area contributed by atoms with E-state index >= 15 is 0 Å². The lowest BCUT2D eigenvalue weighted by molar-refractivity contribution is -0.111. The van der Waals surface area contributed by atoms with E-state index in [1.54, 1.807) is 24.3 Å². The van der Waals surface area contributed by atoms with E-state index in [4.69, 9.17) is 0 Å². The Morgan fingerprint density at radius 2 is 1.45 bits per heavy atom. The Balaban J connectivity index is 2.40. The van der Waals surface area contributed by atoms with E-state index in [9.17, 15) is 29.4 Å². The summed E-state index contributed by atoms with van der Waals surface area (Å²) in [6.45, 7) is 0. The Labute approximate surface area is 124 Å². The Bertz CT molecular complexity index is 1030. The Hall–Kier alpha value is -2.13. The van der Waals surface area contributed by atoms with Crippen molar-refractivity contribution in [3.63, 3.8) is 0 Å². The summed E-state index contributed by atoms with van der Waals surface area (Å²) >= 11 is 0. The second-order valence-electron chi connectivity index (χ2n) is 4.60. The minimum absolute atomic E-state index is 0.0456. The van der Waals surface area contributed by atoms with Gasteiger partial charge in [0, 0.05) is 5.57 Å². The molecule has 0 fully saturated rings. The van der Waals surface area contributed by atoms with Gasteiger partial charge in [-0.2, -0.15) is 16.8 Å². The molecule has 114 valence electrons. The first-order chi connectivity index (χ1) is 10.1. The molecule has 1 aromatic carbocycles. The van der Waals surface area contributed by atoms with Crippen LogP contribution >= 0.6 is 0 Å². The second kappa shape index (κ2) is 4.43. The van der Waals surface area contributed by atoms with Crippen LogP contribution in [0.2, 0.25) is 0 Å². The smallest absolute Gasteiger partial charge is 0.288 e. The van der Waals surface area contributed by atoms with Crippen LogP contribution in [0.15, 0.2) is 45.7 Å². The van der Waals surface area contributed by atoms with Gasteiger partial charge in [-0.15, -0.1) is 7.77 Å². The molecule has 0 atom stereocenters. The normalized spacial score (nSPS) is 17.8. The highest BCUT2D eigenvalue weighted by molar-refractivity contribution is 7.95. The molecule has 0 aliphatic heterocycles. The fourth-order valence-electron chi connectivity index (χ4n) is 2.43. The average molecular weight is 344 g/mol. The van der Waals surface area contributed by atoms with E-state index in [2.05, 4.69) is 0 Å². The molecule has 2 aliphatic carbocycles. The fraction of sp³-hybridized carbons (Fsp3) is 0. The summed E-state index contributed by atoms with van der Waals surface area (Å²) in [5, 5.41) is 0. The van der Waals surface area contributed by atoms with E-state index in [0.29, 0.717) is 17.2 Å². The number of halogens is 2. The van der Waals surface area contributed by atoms with Crippen molar-refractivity contribution in [2.24, 2.45) is 0 Å². The van der Waals surface area contributed by atoms with Crippen LogP contribution in [0.25, 0.3) is 11.6 Å².